The van der Waals surface area contributed by atoms with Crippen molar-refractivity contribution in [2.45, 2.75) is 24.0 Å². The number of thioether (sulfide) groups is 1. The lowest BCUT2D eigenvalue weighted by molar-refractivity contribution is 0.281. The van der Waals surface area contributed by atoms with Gasteiger partial charge in [0.25, 0.3) is 0 Å². The molecule has 0 amide bonds. The Morgan fingerprint density at radius 3 is 3.15 bits per heavy atom. The fourth-order valence-electron chi connectivity index (χ4n) is 1.56. The normalized spacial score (nSPS) is 21.2. The van der Waals surface area contributed by atoms with E-state index in [0.717, 1.165) is 17.7 Å². The number of hydrogen-bond donors (Lipinski definition) is 2. The molecule has 1 aliphatic rings. The first-order valence-corrected chi connectivity index (χ1v) is 5.42. The van der Waals surface area contributed by atoms with E-state index < -0.39 is 0 Å². The molecule has 1 heterocycles. The van der Waals surface area contributed by atoms with Gasteiger partial charge in [-0.25, -0.2) is 0 Å². The van der Waals surface area contributed by atoms with Gasteiger partial charge in [0.1, 0.15) is 0 Å². The summed E-state index contributed by atoms with van der Waals surface area (Å²) >= 11 is 1.83. The highest BCUT2D eigenvalue weighted by atomic mass is 32.2. The summed E-state index contributed by atoms with van der Waals surface area (Å²) in [6.07, 6.45) is 1.05. The van der Waals surface area contributed by atoms with E-state index in [-0.39, 0.29) is 12.6 Å². The van der Waals surface area contributed by atoms with Crippen molar-refractivity contribution in [1.82, 2.24) is 0 Å². The van der Waals surface area contributed by atoms with Crippen LogP contribution >= 0.6 is 11.8 Å². The van der Waals surface area contributed by atoms with Crippen LogP contribution in [0.4, 0.5) is 0 Å². The number of hydrogen-bond acceptors (Lipinski definition) is 3. The Morgan fingerprint density at radius 1 is 1.54 bits per heavy atom. The van der Waals surface area contributed by atoms with Gasteiger partial charge in [0.05, 0.1) is 6.61 Å². The van der Waals surface area contributed by atoms with Crippen LogP contribution in [0.25, 0.3) is 0 Å². The fourth-order valence-corrected chi connectivity index (χ4v) is 2.77. The third-order valence-electron chi connectivity index (χ3n) is 2.35. The zero-order valence-electron chi connectivity index (χ0n) is 7.36. The van der Waals surface area contributed by atoms with Crippen LogP contribution in [0, 0.1) is 0 Å². The van der Waals surface area contributed by atoms with Crippen LogP contribution in [0.15, 0.2) is 23.1 Å². The number of fused-ring (bicyclic) bond motifs is 1. The average Bonchev–Trinajstić information content (AvgIpc) is 2.18. The molecule has 0 bridgehead atoms. The summed E-state index contributed by atoms with van der Waals surface area (Å²) in [4.78, 5) is 1.24. The van der Waals surface area contributed by atoms with Crippen LogP contribution in [-0.2, 0) is 6.61 Å². The first kappa shape index (κ1) is 9.06. The van der Waals surface area contributed by atoms with Gasteiger partial charge in [0.15, 0.2) is 0 Å². The van der Waals surface area contributed by atoms with Crippen molar-refractivity contribution in [3.05, 3.63) is 29.3 Å². The highest BCUT2D eigenvalue weighted by molar-refractivity contribution is 7.99. The van der Waals surface area contributed by atoms with Crippen molar-refractivity contribution in [3.63, 3.8) is 0 Å². The van der Waals surface area contributed by atoms with Crippen molar-refractivity contribution < 1.29 is 5.11 Å². The van der Waals surface area contributed by atoms with Crippen molar-refractivity contribution in [2.24, 2.45) is 5.73 Å². The minimum absolute atomic E-state index is 0.114. The molecule has 2 rings (SSSR count). The summed E-state index contributed by atoms with van der Waals surface area (Å²) in [7, 11) is 0. The lowest BCUT2D eigenvalue weighted by Gasteiger charge is -2.21. The van der Waals surface area contributed by atoms with E-state index in [0.29, 0.717) is 0 Å². The Hall–Kier alpha value is -0.510. The third kappa shape index (κ3) is 1.73. The standard InChI is InChI=1S/C10H13NOS/c11-9-3-4-13-10-5-7(6-12)1-2-8(9)10/h1-2,5,9,12H,3-4,6,11H2. The summed E-state index contributed by atoms with van der Waals surface area (Å²) in [6.45, 7) is 0.114. The molecule has 13 heavy (non-hydrogen) atoms. The first-order chi connectivity index (χ1) is 6.31. The molecule has 3 N–H and O–H groups in total. The Bertz CT molecular complexity index is 314. The Kier molecular flexibility index (Phi) is 2.58. The van der Waals surface area contributed by atoms with Gasteiger partial charge < -0.3 is 10.8 Å². The van der Waals surface area contributed by atoms with E-state index in [9.17, 15) is 0 Å². The van der Waals surface area contributed by atoms with Crippen molar-refractivity contribution in [1.29, 1.82) is 0 Å². The maximum atomic E-state index is 8.96. The molecule has 0 aromatic heterocycles. The lowest BCUT2D eigenvalue weighted by Crippen LogP contribution is -2.15. The van der Waals surface area contributed by atoms with Gasteiger partial charge in [-0.05, 0) is 29.4 Å². The van der Waals surface area contributed by atoms with Gasteiger partial charge in [-0.1, -0.05) is 12.1 Å². The number of aliphatic hydroxyl groups is 1. The number of benzene rings is 1. The van der Waals surface area contributed by atoms with Crippen LogP contribution in [0.3, 0.4) is 0 Å². The smallest absolute Gasteiger partial charge is 0.0682 e. The van der Waals surface area contributed by atoms with Gasteiger partial charge in [-0.3, -0.25) is 0 Å². The van der Waals surface area contributed by atoms with Crippen LogP contribution in [0.2, 0.25) is 0 Å². The molecule has 1 unspecified atom stereocenters. The van der Waals surface area contributed by atoms with Gasteiger partial charge >= 0.3 is 0 Å². The van der Waals surface area contributed by atoms with E-state index in [1.165, 1.54) is 10.5 Å². The second-order valence-electron chi connectivity index (χ2n) is 3.27. The van der Waals surface area contributed by atoms with Crippen molar-refractivity contribution in [3.8, 4) is 0 Å². The van der Waals surface area contributed by atoms with E-state index in [1.807, 2.05) is 30.0 Å². The molecule has 1 aliphatic heterocycles. The van der Waals surface area contributed by atoms with Gasteiger partial charge in [0.2, 0.25) is 0 Å². The predicted molar refractivity (Wildman–Crippen MR) is 54.6 cm³/mol. The van der Waals surface area contributed by atoms with Crippen molar-refractivity contribution >= 4 is 11.8 Å². The summed E-state index contributed by atoms with van der Waals surface area (Å²) in [5, 5.41) is 8.96. The quantitative estimate of drug-likeness (QED) is 0.716. The molecule has 3 heteroatoms. The van der Waals surface area contributed by atoms with E-state index >= 15 is 0 Å². The van der Waals surface area contributed by atoms with Gasteiger partial charge in [-0.15, -0.1) is 11.8 Å². The van der Waals surface area contributed by atoms with Gasteiger partial charge in [-0.2, -0.15) is 0 Å². The van der Waals surface area contributed by atoms with E-state index in [1.54, 1.807) is 0 Å². The Morgan fingerprint density at radius 2 is 2.38 bits per heavy atom. The van der Waals surface area contributed by atoms with Crippen molar-refractivity contribution in [2.75, 3.05) is 5.75 Å². The molecule has 0 radical (unpaired) electrons. The molecule has 0 saturated heterocycles. The number of nitrogens with two attached hydrogens (primary N) is 1. The summed E-state index contributed by atoms with van der Waals surface area (Å²) in [5.74, 6) is 1.09. The van der Waals surface area contributed by atoms with Gasteiger partial charge in [0, 0.05) is 10.9 Å². The molecule has 0 fully saturated rings. The predicted octanol–water partition coefficient (Wildman–Crippen LogP) is 1.67. The minimum atomic E-state index is 0.114. The molecule has 1 atom stereocenters. The van der Waals surface area contributed by atoms with Crippen LogP contribution in [0.5, 0.6) is 0 Å². The molecule has 0 saturated carbocycles. The largest absolute Gasteiger partial charge is 0.392 e. The van der Waals surface area contributed by atoms with Crippen LogP contribution in [-0.4, -0.2) is 10.9 Å². The number of aliphatic hydroxyl groups excluding tert-OH is 1. The highest BCUT2D eigenvalue weighted by Gasteiger charge is 2.16. The van der Waals surface area contributed by atoms with E-state index in [4.69, 9.17) is 10.8 Å². The highest BCUT2D eigenvalue weighted by Crippen LogP contribution is 2.35. The molecule has 1 aromatic carbocycles. The van der Waals surface area contributed by atoms with E-state index in [2.05, 4.69) is 0 Å². The zero-order valence-corrected chi connectivity index (χ0v) is 8.18. The monoisotopic (exact) mass is 195 g/mol. The molecule has 0 aliphatic carbocycles. The number of rotatable bonds is 1. The Balaban J connectivity index is 2.39. The second-order valence-corrected chi connectivity index (χ2v) is 4.41. The molecule has 2 nitrogen and oxygen atoms in total. The summed E-state index contributed by atoms with van der Waals surface area (Å²) in [5.41, 5.74) is 8.16. The Labute approximate surface area is 82.1 Å². The van der Waals surface area contributed by atoms with Crippen LogP contribution < -0.4 is 5.73 Å². The molecule has 0 spiro atoms. The maximum Gasteiger partial charge on any atom is 0.0682 e. The van der Waals surface area contributed by atoms with Crippen LogP contribution in [0.1, 0.15) is 23.6 Å². The third-order valence-corrected chi connectivity index (χ3v) is 3.45. The molecular formula is C10H13NOS. The molecule has 1 aromatic rings. The SMILES string of the molecule is NC1CCSc2cc(CO)ccc21. The fraction of sp³-hybridized carbons (Fsp3) is 0.400. The topological polar surface area (TPSA) is 46.2 Å². The zero-order chi connectivity index (χ0) is 9.26. The summed E-state index contributed by atoms with van der Waals surface area (Å²) < 4.78 is 0. The molecule has 70 valence electrons. The first-order valence-electron chi connectivity index (χ1n) is 4.43. The molecular weight excluding hydrogens is 182 g/mol. The average molecular weight is 195 g/mol. The lowest BCUT2D eigenvalue weighted by atomic mass is 10.0. The minimum Gasteiger partial charge on any atom is -0.392 e. The maximum absolute atomic E-state index is 8.96. The second kappa shape index (κ2) is 3.70. The summed E-state index contributed by atoms with van der Waals surface area (Å²) in [6, 6.07) is 6.21.